The third kappa shape index (κ3) is 6.85. The summed E-state index contributed by atoms with van der Waals surface area (Å²) in [7, 11) is -1.32. The second-order valence-corrected chi connectivity index (χ2v) is 12.0. The van der Waals surface area contributed by atoms with Gasteiger partial charge in [-0.25, -0.2) is 8.42 Å². The molecule has 228 valence electrons. The van der Waals surface area contributed by atoms with Crippen molar-refractivity contribution in [2.45, 2.75) is 24.1 Å². The van der Waals surface area contributed by atoms with Crippen molar-refractivity contribution in [3.8, 4) is 17.2 Å². The van der Waals surface area contributed by atoms with E-state index in [0.717, 1.165) is 9.87 Å². The molecule has 0 unspecified atom stereocenters. The van der Waals surface area contributed by atoms with Crippen LogP contribution in [0.25, 0.3) is 0 Å². The quantitative estimate of drug-likeness (QED) is 0.271. The van der Waals surface area contributed by atoms with Gasteiger partial charge < -0.3 is 24.4 Å². The standard InChI is InChI=1S/C33H33N3O7S/c1-41-29-18-17-26(19-30(29)42-2)44(39,40)35(21-25-13-7-4-8-14-25)23-32(37)36-22-31(43-28-16-10-9-15-27(28)36)33(38)34-20-24-11-5-3-6-12-24/h3-19,31H,20-23H2,1-2H3,(H,34,38)/t31-/m1/s1. The Morgan fingerprint density at radius 1 is 0.864 bits per heavy atom. The van der Waals surface area contributed by atoms with Crippen molar-refractivity contribution in [2.24, 2.45) is 0 Å². The Morgan fingerprint density at radius 2 is 1.50 bits per heavy atom. The molecule has 0 radical (unpaired) electrons. The number of benzene rings is 4. The van der Waals surface area contributed by atoms with Crippen molar-refractivity contribution in [3.63, 3.8) is 0 Å². The largest absolute Gasteiger partial charge is 0.493 e. The minimum Gasteiger partial charge on any atom is -0.493 e. The van der Waals surface area contributed by atoms with Crippen LogP contribution in [-0.2, 0) is 32.7 Å². The van der Waals surface area contributed by atoms with Crippen LogP contribution in [0.1, 0.15) is 11.1 Å². The maximum Gasteiger partial charge on any atom is 0.263 e. The molecule has 0 spiro atoms. The van der Waals surface area contributed by atoms with E-state index in [1.165, 1.54) is 37.3 Å². The van der Waals surface area contributed by atoms with Gasteiger partial charge in [0.2, 0.25) is 15.9 Å². The summed E-state index contributed by atoms with van der Waals surface area (Å²) in [5.74, 6) is 0.0656. The molecular formula is C33H33N3O7S. The molecule has 0 aromatic heterocycles. The molecular weight excluding hydrogens is 582 g/mol. The summed E-state index contributed by atoms with van der Waals surface area (Å²) in [6, 6.07) is 29.6. The molecule has 0 saturated carbocycles. The third-order valence-electron chi connectivity index (χ3n) is 7.18. The monoisotopic (exact) mass is 615 g/mol. The van der Waals surface area contributed by atoms with Crippen molar-refractivity contribution in [1.82, 2.24) is 9.62 Å². The van der Waals surface area contributed by atoms with Crippen molar-refractivity contribution in [1.29, 1.82) is 0 Å². The van der Waals surface area contributed by atoms with E-state index in [1.54, 1.807) is 48.5 Å². The Hall–Kier alpha value is -4.87. The van der Waals surface area contributed by atoms with E-state index >= 15 is 0 Å². The zero-order valence-electron chi connectivity index (χ0n) is 24.4. The van der Waals surface area contributed by atoms with E-state index in [-0.39, 0.29) is 29.6 Å². The summed E-state index contributed by atoms with van der Waals surface area (Å²) in [6.07, 6.45) is -0.998. The smallest absolute Gasteiger partial charge is 0.263 e. The lowest BCUT2D eigenvalue weighted by Crippen LogP contribution is -2.52. The van der Waals surface area contributed by atoms with Crippen LogP contribution in [0.3, 0.4) is 0 Å². The Bertz CT molecular complexity index is 1720. The van der Waals surface area contributed by atoms with Gasteiger partial charge in [-0.2, -0.15) is 4.31 Å². The molecule has 44 heavy (non-hydrogen) atoms. The zero-order valence-corrected chi connectivity index (χ0v) is 25.2. The SMILES string of the molecule is COc1ccc(S(=O)(=O)N(CC(=O)N2C[C@H](C(=O)NCc3ccccc3)Oc3ccccc32)Cc2ccccc2)cc1OC. The number of sulfonamides is 1. The number of amides is 2. The number of methoxy groups -OCH3 is 2. The topological polar surface area (TPSA) is 114 Å². The molecule has 0 aliphatic carbocycles. The molecule has 1 aliphatic heterocycles. The summed E-state index contributed by atoms with van der Waals surface area (Å²) in [5, 5.41) is 2.87. The number of carbonyl (C=O) groups excluding carboxylic acids is 2. The highest BCUT2D eigenvalue weighted by Gasteiger charge is 2.36. The van der Waals surface area contributed by atoms with Crippen LogP contribution in [-0.4, -0.2) is 58.0 Å². The fourth-order valence-corrected chi connectivity index (χ4v) is 6.27. The predicted molar refractivity (Wildman–Crippen MR) is 165 cm³/mol. The number of carbonyl (C=O) groups is 2. The maximum atomic E-state index is 14.0. The number of nitrogens with zero attached hydrogens (tertiary/aromatic N) is 2. The first-order chi connectivity index (χ1) is 21.3. The van der Waals surface area contributed by atoms with Crippen LogP contribution in [0.2, 0.25) is 0 Å². The minimum atomic E-state index is -4.20. The van der Waals surface area contributed by atoms with Crippen LogP contribution in [0.5, 0.6) is 17.2 Å². The molecule has 0 saturated heterocycles. The lowest BCUT2D eigenvalue weighted by molar-refractivity contribution is -0.128. The molecule has 2 amide bonds. The maximum absolute atomic E-state index is 14.0. The van der Waals surface area contributed by atoms with Crippen LogP contribution < -0.4 is 24.4 Å². The average molecular weight is 616 g/mol. The number of anilines is 1. The van der Waals surface area contributed by atoms with Gasteiger partial charge in [0.15, 0.2) is 17.6 Å². The van der Waals surface area contributed by atoms with E-state index in [4.69, 9.17) is 14.2 Å². The highest BCUT2D eigenvalue weighted by molar-refractivity contribution is 7.89. The summed E-state index contributed by atoms with van der Waals surface area (Å²) in [4.78, 5) is 28.5. The van der Waals surface area contributed by atoms with E-state index in [1.807, 2.05) is 36.4 Å². The number of nitrogens with one attached hydrogen (secondary N) is 1. The van der Waals surface area contributed by atoms with Gasteiger partial charge >= 0.3 is 0 Å². The van der Waals surface area contributed by atoms with Gasteiger partial charge in [0.25, 0.3) is 5.91 Å². The lowest BCUT2D eigenvalue weighted by Gasteiger charge is -2.35. The summed E-state index contributed by atoms with van der Waals surface area (Å²) >= 11 is 0. The first kappa shape index (κ1) is 30.6. The van der Waals surface area contributed by atoms with Crippen molar-refractivity contribution in [2.75, 3.05) is 32.2 Å². The molecule has 1 N–H and O–H groups in total. The van der Waals surface area contributed by atoms with E-state index < -0.39 is 28.6 Å². The molecule has 1 atom stereocenters. The van der Waals surface area contributed by atoms with E-state index in [2.05, 4.69) is 5.32 Å². The van der Waals surface area contributed by atoms with E-state index in [0.29, 0.717) is 29.3 Å². The lowest BCUT2D eigenvalue weighted by atomic mass is 10.1. The normalized spacial score (nSPS) is 14.3. The number of ether oxygens (including phenoxy) is 3. The summed E-state index contributed by atoms with van der Waals surface area (Å²) < 4.78 is 45.8. The number of hydrogen-bond donors (Lipinski definition) is 1. The van der Waals surface area contributed by atoms with Crippen LogP contribution in [0.4, 0.5) is 5.69 Å². The fourth-order valence-electron chi connectivity index (χ4n) is 4.88. The van der Waals surface area contributed by atoms with Gasteiger partial charge in [-0.05, 0) is 35.4 Å². The number of hydrogen-bond acceptors (Lipinski definition) is 7. The Labute approximate surface area is 256 Å². The van der Waals surface area contributed by atoms with Crippen LogP contribution >= 0.6 is 0 Å². The molecule has 0 bridgehead atoms. The van der Waals surface area contributed by atoms with Gasteiger partial charge in [-0.15, -0.1) is 0 Å². The number of para-hydroxylation sites is 2. The van der Waals surface area contributed by atoms with Crippen molar-refractivity contribution in [3.05, 3.63) is 114 Å². The van der Waals surface area contributed by atoms with Crippen molar-refractivity contribution < 1.29 is 32.2 Å². The van der Waals surface area contributed by atoms with Crippen LogP contribution in [0.15, 0.2) is 108 Å². The van der Waals surface area contributed by atoms with Gasteiger partial charge in [0.05, 0.1) is 37.9 Å². The highest BCUT2D eigenvalue weighted by atomic mass is 32.2. The molecule has 1 heterocycles. The van der Waals surface area contributed by atoms with Gasteiger partial charge in [0, 0.05) is 19.2 Å². The Kier molecular flexibility index (Phi) is 9.47. The molecule has 5 rings (SSSR count). The number of rotatable bonds is 11. The van der Waals surface area contributed by atoms with Gasteiger partial charge in [0.1, 0.15) is 5.75 Å². The summed E-state index contributed by atoms with van der Waals surface area (Å²) in [6.45, 7) is -0.343. The Balaban J connectivity index is 1.42. The predicted octanol–water partition coefficient (Wildman–Crippen LogP) is 4.01. The number of fused-ring (bicyclic) bond motifs is 1. The molecule has 1 aliphatic rings. The molecule has 11 heteroatoms. The molecule has 0 fully saturated rings. The average Bonchev–Trinajstić information content (AvgIpc) is 3.06. The first-order valence-electron chi connectivity index (χ1n) is 13.9. The highest BCUT2D eigenvalue weighted by Crippen LogP contribution is 2.34. The second-order valence-electron chi connectivity index (χ2n) is 10.1. The fraction of sp³-hybridized carbons (Fsp3) is 0.212. The van der Waals surface area contributed by atoms with E-state index in [9.17, 15) is 18.0 Å². The van der Waals surface area contributed by atoms with Crippen molar-refractivity contribution >= 4 is 27.5 Å². The first-order valence-corrected chi connectivity index (χ1v) is 15.4. The second kappa shape index (κ2) is 13.6. The third-order valence-corrected chi connectivity index (χ3v) is 8.97. The van der Waals surface area contributed by atoms with Gasteiger partial charge in [-0.1, -0.05) is 72.8 Å². The zero-order chi connectivity index (χ0) is 31.1. The summed E-state index contributed by atoms with van der Waals surface area (Å²) in [5.41, 5.74) is 2.07. The molecule has 10 nitrogen and oxygen atoms in total. The van der Waals surface area contributed by atoms with Gasteiger partial charge in [-0.3, -0.25) is 9.59 Å². The molecule has 4 aromatic carbocycles. The Morgan fingerprint density at radius 3 is 2.18 bits per heavy atom. The van der Waals surface area contributed by atoms with Crippen LogP contribution in [0, 0.1) is 0 Å². The minimum absolute atomic E-state index is 0.0561. The molecule has 4 aromatic rings.